The summed E-state index contributed by atoms with van der Waals surface area (Å²) in [5, 5.41) is 13.2. The van der Waals surface area contributed by atoms with E-state index in [0.717, 1.165) is 26.1 Å². The van der Waals surface area contributed by atoms with Gasteiger partial charge < -0.3 is 19.9 Å². The summed E-state index contributed by atoms with van der Waals surface area (Å²) < 4.78 is 24.0. The van der Waals surface area contributed by atoms with E-state index in [-0.39, 0.29) is 12.4 Å². The van der Waals surface area contributed by atoms with Gasteiger partial charge in [-0.2, -0.15) is 0 Å². The van der Waals surface area contributed by atoms with Crippen LogP contribution in [0.25, 0.3) is 0 Å². The molecule has 1 aromatic carbocycles. The van der Waals surface area contributed by atoms with Crippen LogP contribution in [0.1, 0.15) is 19.8 Å². The number of aliphatic hydroxyl groups is 1. The SMILES string of the molecule is CC(NCC(O)COc1ccccc1F)C1CCOCC1. The molecule has 2 unspecified atom stereocenters. The third-order valence-corrected chi connectivity index (χ3v) is 3.92. The maximum absolute atomic E-state index is 13.4. The predicted octanol–water partition coefficient (Wildman–Crippen LogP) is 1.97. The van der Waals surface area contributed by atoms with Crippen LogP contribution < -0.4 is 10.1 Å². The molecule has 1 fully saturated rings. The van der Waals surface area contributed by atoms with Crippen molar-refractivity contribution < 1.29 is 19.0 Å². The predicted molar refractivity (Wildman–Crippen MR) is 78.9 cm³/mol. The van der Waals surface area contributed by atoms with Crippen LogP contribution in [0.15, 0.2) is 24.3 Å². The Kier molecular flexibility index (Phi) is 6.42. The van der Waals surface area contributed by atoms with Crippen molar-refractivity contribution in [3.8, 4) is 5.75 Å². The fourth-order valence-corrected chi connectivity index (χ4v) is 2.51. The van der Waals surface area contributed by atoms with E-state index < -0.39 is 11.9 Å². The summed E-state index contributed by atoms with van der Waals surface area (Å²) in [7, 11) is 0. The van der Waals surface area contributed by atoms with Crippen molar-refractivity contribution in [3.05, 3.63) is 30.1 Å². The molecule has 1 aliphatic heterocycles. The maximum Gasteiger partial charge on any atom is 0.165 e. The molecule has 1 saturated heterocycles. The second-order valence-electron chi connectivity index (χ2n) is 5.54. The average molecular weight is 297 g/mol. The number of aliphatic hydroxyl groups excluding tert-OH is 1. The minimum Gasteiger partial charge on any atom is -0.488 e. The zero-order valence-electron chi connectivity index (χ0n) is 12.4. The zero-order valence-corrected chi connectivity index (χ0v) is 12.4. The van der Waals surface area contributed by atoms with Gasteiger partial charge in [-0.1, -0.05) is 12.1 Å². The Morgan fingerprint density at radius 1 is 1.38 bits per heavy atom. The summed E-state index contributed by atoms with van der Waals surface area (Å²) in [6, 6.07) is 6.54. The molecule has 1 aliphatic rings. The van der Waals surface area contributed by atoms with Gasteiger partial charge in [0.1, 0.15) is 12.7 Å². The van der Waals surface area contributed by atoms with Gasteiger partial charge in [0.2, 0.25) is 0 Å². The first-order valence-electron chi connectivity index (χ1n) is 7.53. The van der Waals surface area contributed by atoms with E-state index in [1.807, 2.05) is 0 Å². The molecule has 0 bridgehead atoms. The lowest BCUT2D eigenvalue weighted by Crippen LogP contribution is -2.41. The number of ether oxygens (including phenoxy) is 2. The topological polar surface area (TPSA) is 50.7 Å². The van der Waals surface area contributed by atoms with Gasteiger partial charge in [0, 0.05) is 25.8 Å². The van der Waals surface area contributed by atoms with Gasteiger partial charge in [0.15, 0.2) is 11.6 Å². The van der Waals surface area contributed by atoms with E-state index in [4.69, 9.17) is 9.47 Å². The van der Waals surface area contributed by atoms with Gasteiger partial charge in [-0.05, 0) is 37.8 Å². The lowest BCUT2D eigenvalue weighted by molar-refractivity contribution is 0.0511. The second-order valence-corrected chi connectivity index (χ2v) is 5.54. The highest BCUT2D eigenvalue weighted by molar-refractivity contribution is 5.23. The monoisotopic (exact) mass is 297 g/mol. The van der Waals surface area contributed by atoms with Crippen LogP contribution in [0.5, 0.6) is 5.75 Å². The molecular weight excluding hydrogens is 273 g/mol. The van der Waals surface area contributed by atoms with E-state index in [0.29, 0.717) is 18.5 Å². The van der Waals surface area contributed by atoms with Crippen molar-refractivity contribution in [3.63, 3.8) is 0 Å². The minimum absolute atomic E-state index is 0.0778. The number of nitrogens with one attached hydrogen (secondary N) is 1. The van der Waals surface area contributed by atoms with Gasteiger partial charge in [-0.25, -0.2) is 4.39 Å². The van der Waals surface area contributed by atoms with E-state index in [9.17, 15) is 9.50 Å². The summed E-state index contributed by atoms with van der Waals surface area (Å²) in [6.45, 7) is 4.27. The fourth-order valence-electron chi connectivity index (χ4n) is 2.51. The first kappa shape index (κ1) is 16.2. The fraction of sp³-hybridized carbons (Fsp3) is 0.625. The Bertz CT molecular complexity index is 424. The number of benzene rings is 1. The first-order chi connectivity index (χ1) is 10.2. The molecule has 5 heteroatoms. The first-order valence-corrected chi connectivity index (χ1v) is 7.53. The Morgan fingerprint density at radius 2 is 2.10 bits per heavy atom. The third-order valence-electron chi connectivity index (χ3n) is 3.92. The summed E-state index contributed by atoms with van der Waals surface area (Å²) in [5.74, 6) is 0.348. The summed E-state index contributed by atoms with van der Waals surface area (Å²) in [5.41, 5.74) is 0. The van der Waals surface area contributed by atoms with Crippen LogP contribution in [0.3, 0.4) is 0 Å². The van der Waals surface area contributed by atoms with Gasteiger partial charge in [0.25, 0.3) is 0 Å². The van der Waals surface area contributed by atoms with Crippen LogP contribution in [-0.4, -0.2) is 43.6 Å². The normalized spacial score (nSPS) is 19.2. The number of hydrogen-bond acceptors (Lipinski definition) is 4. The molecule has 0 aliphatic carbocycles. The third kappa shape index (κ3) is 5.26. The van der Waals surface area contributed by atoms with Crippen LogP contribution in [-0.2, 0) is 4.74 Å². The van der Waals surface area contributed by atoms with E-state index in [2.05, 4.69) is 12.2 Å². The standard InChI is InChI=1S/C16H24FNO3/c1-12(13-6-8-20-9-7-13)18-10-14(19)11-21-16-5-3-2-4-15(16)17/h2-5,12-14,18-19H,6-11H2,1H3. The largest absolute Gasteiger partial charge is 0.488 e. The minimum atomic E-state index is -0.660. The lowest BCUT2D eigenvalue weighted by atomic mass is 9.93. The molecule has 4 nitrogen and oxygen atoms in total. The molecule has 21 heavy (non-hydrogen) atoms. The number of para-hydroxylation sites is 1. The summed E-state index contributed by atoms with van der Waals surface area (Å²) >= 11 is 0. The lowest BCUT2D eigenvalue weighted by Gasteiger charge is -2.29. The average Bonchev–Trinajstić information content (AvgIpc) is 2.52. The van der Waals surface area contributed by atoms with Gasteiger partial charge in [-0.3, -0.25) is 0 Å². The molecule has 0 spiro atoms. The number of halogens is 1. The highest BCUT2D eigenvalue weighted by atomic mass is 19.1. The molecule has 1 heterocycles. The van der Waals surface area contributed by atoms with Crippen LogP contribution in [0.4, 0.5) is 4.39 Å². The summed E-state index contributed by atoms with van der Waals surface area (Å²) in [6.07, 6.45) is 1.44. The molecule has 118 valence electrons. The van der Waals surface area contributed by atoms with Crippen molar-refractivity contribution in [2.45, 2.75) is 31.9 Å². The zero-order chi connectivity index (χ0) is 15.1. The van der Waals surface area contributed by atoms with E-state index in [1.165, 1.54) is 6.07 Å². The van der Waals surface area contributed by atoms with Crippen molar-refractivity contribution in [2.75, 3.05) is 26.4 Å². The van der Waals surface area contributed by atoms with Crippen LogP contribution in [0, 0.1) is 11.7 Å². The quantitative estimate of drug-likeness (QED) is 0.808. The van der Waals surface area contributed by atoms with Crippen LogP contribution in [0.2, 0.25) is 0 Å². The van der Waals surface area contributed by atoms with E-state index in [1.54, 1.807) is 18.2 Å². The molecule has 2 atom stereocenters. The van der Waals surface area contributed by atoms with E-state index >= 15 is 0 Å². The highest BCUT2D eigenvalue weighted by Gasteiger charge is 2.20. The second kappa shape index (κ2) is 8.32. The molecule has 2 rings (SSSR count). The molecule has 0 amide bonds. The van der Waals surface area contributed by atoms with Gasteiger partial charge in [-0.15, -0.1) is 0 Å². The Morgan fingerprint density at radius 3 is 2.81 bits per heavy atom. The Hall–Kier alpha value is -1.17. The molecule has 2 N–H and O–H groups in total. The highest BCUT2D eigenvalue weighted by Crippen LogP contribution is 2.18. The van der Waals surface area contributed by atoms with Crippen molar-refractivity contribution in [2.24, 2.45) is 5.92 Å². The molecule has 0 aromatic heterocycles. The molecule has 0 saturated carbocycles. The van der Waals surface area contributed by atoms with Gasteiger partial charge >= 0.3 is 0 Å². The smallest absolute Gasteiger partial charge is 0.165 e. The maximum atomic E-state index is 13.4. The molecular formula is C16H24FNO3. The number of rotatable bonds is 7. The molecule has 1 aromatic rings. The number of hydrogen-bond donors (Lipinski definition) is 2. The van der Waals surface area contributed by atoms with Crippen LogP contribution >= 0.6 is 0 Å². The Balaban J connectivity index is 1.67. The summed E-state index contributed by atoms with van der Waals surface area (Å²) in [4.78, 5) is 0. The molecule has 0 radical (unpaired) electrons. The van der Waals surface area contributed by atoms with Gasteiger partial charge in [0.05, 0.1) is 0 Å². The Labute approximate surface area is 125 Å². The van der Waals surface area contributed by atoms with Crippen molar-refractivity contribution in [1.29, 1.82) is 0 Å². The van der Waals surface area contributed by atoms with Crippen molar-refractivity contribution in [1.82, 2.24) is 5.32 Å². The van der Waals surface area contributed by atoms with Crippen molar-refractivity contribution >= 4 is 0 Å².